The van der Waals surface area contributed by atoms with Gasteiger partial charge in [-0.05, 0) is 48.0 Å². The summed E-state index contributed by atoms with van der Waals surface area (Å²) in [7, 11) is 0. The summed E-state index contributed by atoms with van der Waals surface area (Å²) in [6.07, 6.45) is 3.05. The second kappa shape index (κ2) is 11.6. The summed E-state index contributed by atoms with van der Waals surface area (Å²) in [5.41, 5.74) is 5.39. The number of rotatable bonds is 6. The van der Waals surface area contributed by atoms with Crippen molar-refractivity contribution in [2.24, 2.45) is 0 Å². The lowest BCUT2D eigenvalue weighted by Crippen LogP contribution is -2.48. The molecule has 0 bridgehead atoms. The summed E-state index contributed by atoms with van der Waals surface area (Å²) >= 11 is 0. The Hall–Kier alpha value is -4.72. The van der Waals surface area contributed by atoms with Crippen LogP contribution >= 0.6 is 0 Å². The molecule has 38 heavy (non-hydrogen) atoms. The van der Waals surface area contributed by atoms with Gasteiger partial charge in [-0.1, -0.05) is 44.3 Å². The van der Waals surface area contributed by atoms with E-state index in [4.69, 9.17) is 4.98 Å². The van der Waals surface area contributed by atoms with Gasteiger partial charge in [0.2, 0.25) is 17.8 Å². The number of carbonyl (C=O) groups is 2. The summed E-state index contributed by atoms with van der Waals surface area (Å²) < 4.78 is 0. The van der Waals surface area contributed by atoms with Gasteiger partial charge in [0, 0.05) is 67.3 Å². The molecule has 0 atom stereocenters. The monoisotopic (exact) mass is 508 g/mol. The van der Waals surface area contributed by atoms with Crippen molar-refractivity contribution in [3.05, 3.63) is 85.6 Å². The standard InChI is InChI=1S/C29H28N6O2.CH4/c1-3-27(37)31-24-8-4-6-21(18-24)26-9-5-7-22-19-30-29(33-28(22)26)32-23-10-12-25(13-11-23)35-16-14-34(15-17-35)20(2)36;/h3-13,18-19H,1,14-17H2,2H3,(H,31,37)(H,30,32,33);1H4. The van der Waals surface area contributed by atoms with E-state index in [1.54, 1.807) is 13.1 Å². The van der Waals surface area contributed by atoms with Crippen LogP contribution in [0, 0.1) is 0 Å². The molecule has 0 unspecified atom stereocenters. The van der Waals surface area contributed by atoms with Crippen LogP contribution in [0.2, 0.25) is 0 Å². The van der Waals surface area contributed by atoms with Gasteiger partial charge in [-0.2, -0.15) is 0 Å². The van der Waals surface area contributed by atoms with E-state index in [0.29, 0.717) is 11.6 Å². The normalized spacial score (nSPS) is 13.0. The maximum atomic E-state index is 11.7. The van der Waals surface area contributed by atoms with Gasteiger partial charge in [-0.15, -0.1) is 0 Å². The molecule has 2 heterocycles. The SMILES string of the molecule is C.C=CC(=O)Nc1cccc(-c2cccc3cnc(Nc4ccc(N5CCN(C(C)=O)CC5)cc4)nc23)c1. The van der Waals surface area contributed by atoms with Crippen molar-refractivity contribution in [3.63, 3.8) is 0 Å². The fraction of sp³-hybridized carbons (Fsp3) is 0.200. The number of para-hydroxylation sites is 1. The highest BCUT2D eigenvalue weighted by atomic mass is 16.2. The maximum Gasteiger partial charge on any atom is 0.247 e. The Morgan fingerprint density at radius 3 is 2.39 bits per heavy atom. The van der Waals surface area contributed by atoms with Crippen LogP contribution in [0.25, 0.3) is 22.0 Å². The van der Waals surface area contributed by atoms with E-state index in [-0.39, 0.29) is 19.2 Å². The highest BCUT2D eigenvalue weighted by Gasteiger charge is 2.18. The summed E-state index contributed by atoms with van der Waals surface area (Å²) in [6, 6.07) is 21.8. The number of fused-ring (bicyclic) bond motifs is 1. The minimum Gasteiger partial charge on any atom is -0.368 e. The molecule has 4 aromatic rings. The van der Waals surface area contributed by atoms with E-state index in [1.165, 1.54) is 6.08 Å². The molecule has 1 saturated heterocycles. The molecule has 8 heteroatoms. The zero-order chi connectivity index (χ0) is 25.8. The van der Waals surface area contributed by atoms with Crippen molar-refractivity contribution in [3.8, 4) is 11.1 Å². The third-order valence-electron chi connectivity index (χ3n) is 6.45. The zero-order valence-corrected chi connectivity index (χ0v) is 20.6. The molecule has 0 aliphatic carbocycles. The number of aromatic nitrogens is 2. The smallest absolute Gasteiger partial charge is 0.247 e. The van der Waals surface area contributed by atoms with Crippen LogP contribution in [-0.2, 0) is 9.59 Å². The Morgan fingerprint density at radius 1 is 0.947 bits per heavy atom. The summed E-state index contributed by atoms with van der Waals surface area (Å²) in [5, 5.41) is 7.04. The number of anilines is 4. The van der Waals surface area contributed by atoms with Crippen molar-refractivity contribution in [2.75, 3.05) is 41.7 Å². The number of nitrogens with one attached hydrogen (secondary N) is 2. The fourth-order valence-electron chi connectivity index (χ4n) is 4.47. The third-order valence-corrected chi connectivity index (χ3v) is 6.45. The number of benzene rings is 3. The summed E-state index contributed by atoms with van der Waals surface area (Å²) in [6.45, 7) is 8.25. The van der Waals surface area contributed by atoms with E-state index >= 15 is 0 Å². The number of carbonyl (C=O) groups excluding carboxylic acids is 2. The van der Waals surface area contributed by atoms with Crippen molar-refractivity contribution < 1.29 is 9.59 Å². The van der Waals surface area contributed by atoms with Crippen molar-refractivity contribution in [1.82, 2.24) is 14.9 Å². The van der Waals surface area contributed by atoms with E-state index in [2.05, 4.69) is 39.2 Å². The molecule has 0 spiro atoms. The first-order valence-corrected chi connectivity index (χ1v) is 12.2. The molecule has 2 amide bonds. The van der Waals surface area contributed by atoms with Gasteiger partial charge in [0.05, 0.1) is 5.52 Å². The van der Waals surface area contributed by atoms with E-state index in [9.17, 15) is 9.59 Å². The first kappa shape index (κ1) is 26.3. The number of hydrogen-bond donors (Lipinski definition) is 2. The van der Waals surface area contributed by atoms with Crippen molar-refractivity contribution >= 4 is 45.7 Å². The van der Waals surface area contributed by atoms with Crippen LogP contribution in [0.4, 0.5) is 23.0 Å². The predicted octanol–water partition coefficient (Wildman–Crippen LogP) is 5.47. The van der Waals surface area contributed by atoms with E-state index in [1.807, 2.05) is 59.5 Å². The molecule has 5 rings (SSSR count). The Bertz CT molecular complexity index is 1460. The molecule has 0 saturated carbocycles. The molecule has 1 aliphatic heterocycles. The number of nitrogens with zero attached hydrogens (tertiary/aromatic N) is 4. The molecule has 0 radical (unpaired) electrons. The Kier molecular flexibility index (Phi) is 8.01. The molecular weight excluding hydrogens is 476 g/mol. The lowest BCUT2D eigenvalue weighted by molar-refractivity contribution is -0.129. The molecule has 1 aromatic heterocycles. The highest BCUT2D eigenvalue weighted by Crippen LogP contribution is 2.30. The minimum atomic E-state index is -0.256. The lowest BCUT2D eigenvalue weighted by atomic mass is 10.0. The fourth-order valence-corrected chi connectivity index (χ4v) is 4.47. The molecular formula is C30H32N6O2. The summed E-state index contributed by atoms with van der Waals surface area (Å²) in [4.78, 5) is 36.8. The average Bonchev–Trinajstić information content (AvgIpc) is 2.93. The first-order chi connectivity index (χ1) is 18.0. The maximum absolute atomic E-state index is 11.7. The Morgan fingerprint density at radius 2 is 1.68 bits per heavy atom. The van der Waals surface area contributed by atoms with Crippen LogP contribution in [0.1, 0.15) is 14.4 Å². The van der Waals surface area contributed by atoms with Crippen molar-refractivity contribution in [1.29, 1.82) is 0 Å². The third kappa shape index (κ3) is 5.81. The van der Waals surface area contributed by atoms with E-state index in [0.717, 1.165) is 59.6 Å². The van der Waals surface area contributed by atoms with Gasteiger partial charge < -0.3 is 20.4 Å². The molecule has 2 N–H and O–H groups in total. The highest BCUT2D eigenvalue weighted by molar-refractivity contribution is 6.00. The van der Waals surface area contributed by atoms with E-state index < -0.39 is 0 Å². The first-order valence-electron chi connectivity index (χ1n) is 12.2. The second-order valence-corrected chi connectivity index (χ2v) is 8.88. The number of amides is 2. The molecule has 1 aliphatic rings. The van der Waals surface area contributed by atoms with Gasteiger partial charge in [-0.3, -0.25) is 9.59 Å². The molecule has 1 fully saturated rings. The van der Waals surface area contributed by atoms with Gasteiger partial charge in [0.15, 0.2) is 0 Å². The Labute approximate surface area is 223 Å². The largest absolute Gasteiger partial charge is 0.368 e. The number of hydrogen-bond acceptors (Lipinski definition) is 6. The predicted molar refractivity (Wildman–Crippen MR) is 155 cm³/mol. The van der Waals surface area contributed by atoms with Crippen LogP contribution in [0.5, 0.6) is 0 Å². The topological polar surface area (TPSA) is 90.5 Å². The lowest BCUT2D eigenvalue weighted by Gasteiger charge is -2.35. The zero-order valence-electron chi connectivity index (χ0n) is 20.6. The van der Waals surface area contributed by atoms with Gasteiger partial charge >= 0.3 is 0 Å². The van der Waals surface area contributed by atoms with Crippen molar-refractivity contribution in [2.45, 2.75) is 14.4 Å². The van der Waals surface area contributed by atoms with Gasteiger partial charge in [0.25, 0.3) is 0 Å². The minimum absolute atomic E-state index is 0. The van der Waals surface area contributed by atoms with Gasteiger partial charge in [-0.25, -0.2) is 9.97 Å². The second-order valence-electron chi connectivity index (χ2n) is 8.88. The quantitative estimate of drug-likeness (QED) is 0.336. The van der Waals surface area contributed by atoms with Crippen LogP contribution in [0.15, 0.2) is 85.6 Å². The Balaban J connectivity index is 0.00000336. The molecule has 194 valence electrons. The summed E-state index contributed by atoms with van der Waals surface area (Å²) in [5.74, 6) is 0.372. The van der Waals surface area contributed by atoms with Crippen LogP contribution < -0.4 is 15.5 Å². The number of piperazine rings is 1. The van der Waals surface area contributed by atoms with Crippen LogP contribution in [-0.4, -0.2) is 52.9 Å². The average molecular weight is 509 g/mol. The molecule has 8 nitrogen and oxygen atoms in total. The van der Waals surface area contributed by atoms with Gasteiger partial charge in [0.1, 0.15) is 0 Å². The van der Waals surface area contributed by atoms with Crippen LogP contribution in [0.3, 0.4) is 0 Å². The molecule has 3 aromatic carbocycles.